The Labute approximate surface area is 103 Å². The summed E-state index contributed by atoms with van der Waals surface area (Å²) in [6.45, 7) is 1.72. The van der Waals surface area contributed by atoms with Gasteiger partial charge in [-0.1, -0.05) is 25.0 Å². The van der Waals surface area contributed by atoms with Gasteiger partial charge in [0, 0.05) is 12.1 Å². The molecule has 0 saturated heterocycles. The van der Waals surface area contributed by atoms with Crippen molar-refractivity contribution in [2.45, 2.75) is 32.2 Å². The summed E-state index contributed by atoms with van der Waals surface area (Å²) in [5, 5.41) is 13.2. The highest BCUT2D eigenvalue weighted by molar-refractivity contribution is 5.45. The molecule has 0 radical (unpaired) electrons. The number of rotatable bonds is 7. The number of aromatic hydroxyl groups is 1. The van der Waals surface area contributed by atoms with E-state index in [1.54, 1.807) is 13.2 Å². The van der Waals surface area contributed by atoms with Crippen molar-refractivity contribution in [3.05, 3.63) is 23.8 Å². The second kappa shape index (κ2) is 5.92. The van der Waals surface area contributed by atoms with Gasteiger partial charge in [0.15, 0.2) is 11.5 Å². The molecule has 2 rings (SSSR count). The third-order valence-corrected chi connectivity index (χ3v) is 3.28. The van der Waals surface area contributed by atoms with Gasteiger partial charge in [-0.25, -0.2) is 0 Å². The molecule has 0 unspecified atom stereocenters. The first kappa shape index (κ1) is 12.2. The van der Waals surface area contributed by atoms with Crippen molar-refractivity contribution < 1.29 is 9.84 Å². The van der Waals surface area contributed by atoms with Crippen LogP contribution in [0.25, 0.3) is 0 Å². The summed E-state index contributed by atoms with van der Waals surface area (Å²) < 4.78 is 5.08. The van der Waals surface area contributed by atoms with Gasteiger partial charge in [-0.2, -0.15) is 0 Å². The van der Waals surface area contributed by atoms with E-state index in [0.717, 1.165) is 18.0 Å². The highest BCUT2D eigenvalue weighted by atomic mass is 16.5. The molecule has 1 aromatic rings. The van der Waals surface area contributed by atoms with Gasteiger partial charge in [-0.05, 0) is 31.4 Å². The molecule has 1 aliphatic carbocycles. The fourth-order valence-corrected chi connectivity index (χ4v) is 2.02. The minimum absolute atomic E-state index is 0.254. The zero-order valence-electron chi connectivity index (χ0n) is 10.4. The first-order valence-corrected chi connectivity index (χ1v) is 6.37. The van der Waals surface area contributed by atoms with Crippen LogP contribution in [0, 0.1) is 5.92 Å². The van der Waals surface area contributed by atoms with Crippen LogP contribution < -0.4 is 10.1 Å². The highest BCUT2D eigenvalue weighted by Gasteiger charge is 2.19. The fourth-order valence-electron chi connectivity index (χ4n) is 2.02. The molecule has 1 aromatic carbocycles. The lowest BCUT2D eigenvalue weighted by atomic mass is 10.1. The van der Waals surface area contributed by atoms with Crippen molar-refractivity contribution >= 4 is 0 Å². The van der Waals surface area contributed by atoms with Gasteiger partial charge in [-0.3, -0.25) is 0 Å². The third kappa shape index (κ3) is 3.63. The lowest BCUT2D eigenvalue weighted by Crippen LogP contribution is -2.15. The van der Waals surface area contributed by atoms with E-state index >= 15 is 0 Å². The Morgan fingerprint density at radius 3 is 2.94 bits per heavy atom. The first-order chi connectivity index (χ1) is 8.31. The minimum atomic E-state index is 0.254. The van der Waals surface area contributed by atoms with Crippen LogP contribution >= 0.6 is 0 Å². The molecular weight excluding hydrogens is 214 g/mol. The van der Waals surface area contributed by atoms with Crippen molar-refractivity contribution in [2.75, 3.05) is 13.7 Å². The molecule has 0 amide bonds. The predicted molar refractivity (Wildman–Crippen MR) is 68.3 cm³/mol. The monoisotopic (exact) mass is 235 g/mol. The maximum absolute atomic E-state index is 9.88. The highest BCUT2D eigenvalue weighted by Crippen LogP contribution is 2.33. The Kier molecular flexibility index (Phi) is 4.26. The molecule has 0 atom stereocenters. The molecular formula is C14H21NO2. The zero-order valence-corrected chi connectivity index (χ0v) is 10.4. The predicted octanol–water partition coefficient (Wildman–Crippen LogP) is 2.68. The van der Waals surface area contributed by atoms with Gasteiger partial charge < -0.3 is 15.2 Å². The molecule has 3 heteroatoms. The van der Waals surface area contributed by atoms with Crippen LogP contribution in [0.4, 0.5) is 0 Å². The summed E-state index contributed by atoms with van der Waals surface area (Å²) >= 11 is 0. The van der Waals surface area contributed by atoms with Gasteiger partial charge in [0.1, 0.15) is 0 Å². The van der Waals surface area contributed by atoms with Crippen molar-refractivity contribution in [3.63, 3.8) is 0 Å². The van der Waals surface area contributed by atoms with E-state index in [2.05, 4.69) is 5.32 Å². The van der Waals surface area contributed by atoms with Gasteiger partial charge in [0.25, 0.3) is 0 Å². The molecule has 94 valence electrons. The quantitative estimate of drug-likeness (QED) is 0.714. The number of benzene rings is 1. The van der Waals surface area contributed by atoms with Crippen LogP contribution in [0.3, 0.4) is 0 Å². The molecule has 0 bridgehead atoms. The molecule has 0 heterocycles. The maximum atomic E-state index is 9.88. The van der Waals surface area contributed by atoms with Crippen molar-refractivity contribution in [1.82, 2.24) is 5.32 Å². The Balaban J connectivity index is 1.73. The normalized spacial score (nSPS) is 14.9. The van der Waals surface area contributed by atoms with Gasteiger partial charge in [-0.15, -0.1) is 0 Å². The SMILES string of the molecule is COc1cccc(CNCCCC2CC2)c1O. The van der Waals surface area contributed by atoms with E-state index in [1.807, 2.05) is 12.1 Å². The topological polar surface area (TPSA) is 41.5 Å². The largest absolute Gasteiger partial charge is 0.504 e. The second-order valence-electron chi connectivity index (χ2n) is 4.73. The molecule has 0 aromatic heterocycles. The second-order valence-corrected chi connectivity index (χ2v) is 4.73. The van der Waals surface area contributed by atoms with Gasteiger partial charge >= 0.3 is 0 Å². The smallest absolute Gasteiger partial charge is 0.162 e. The molecule has 1 saturated carbocycles. The maximum Gasteiger partial charge on any atom is 0.162 e. The van der Waals surface area contributed by atoms with E-state index in [9.17, 15) is 5.11 Å². The van der Waals surface area contributed by atoms with E-state index in [4.69, 9.17) is 4.74 Å². The standard InChI is InChI=1S/C14H21NO2/c1-17-13-6-2-5-12(14(13)16)10-15-9-3-4-11-7-8-11/h2,5-6,11,15-16H,3-4,7-10H2,1H3. The molecule has 17 heavy (non-hydrogen) atoms. The zero-order chi connectivity index (χ0) is 12.1. The minimum Gasteiger partial charge on any atom is -0.504 e. The summed E-state index contributed by atoms with van der Waals surface area (Å²) in [5.74, 6) is 1.80. The molecule has 1 aliphatic rings. The third-order valence-electron chi connectivity index (χ3n) is 3.28. The lowest BCUT2D eigenvalue weighted by Gasteiger charge is -2.09. The Morgan fingerprint density at radius 2 is 2.24 bits per heavy atom. The van der Waals surface area contributed by atoms with E-state index in [1.165, 1.54) is 25.7 Å². The number of hydrogen-bond acceptors (Lipinski definition) is 3. The summed E-state index contributed by atoms with van der Waals surface area (Å²) in [7, 11) is 1.57. The summed E-state index contributed by atoms with van der Waals surface area (Å²) in [5.41, 5.74) is 0.899. The fraction of sp³-hybridized carbons (Fsp3) is 0.571. The number of methoxy groups -OCH3 is 1. The van der Waals surface area contributed by atoms with Gasteiger partial charge in [0.2, 0.25) is 0 Å². The van der Waals surface area contributed by atoms with Crippen LogP contribution in [-0.4, -0.2) is 18.8 Å². The Bertz CT molecular complexity index is 361. The van der Waals surface area contributed by atoms with E-state index < -0.39 is 0 Å². The molecule has 0 spiro atoms. The molecule has 2 N–H and O–H groups in total. The van der Waals surface area contributed by atoms with Crippen LogP contribution in [0.15, 0.2) is 18.2 Å². The lowest BCUT2D eigenvalue weighted by molar-refractivity contribution is 0.369. The van der Waals surface area contributed by atoms with E-state index in [-0.39, 0.29) is 5.75 Å². The van der Waals surface area contributed by atoms with Crippen molar-refractivity contribution in [3.8, 4) is 11.5 Å². The van der Waals surface area contributed by atoms with Gasteiger partial charge in [0.05, 0.1) is 7.11 Å². The average molecular weight is 235 g/mol. The molecule has 1 fully saturated rings. The number of phenolic OH excluding ortho intramolecular Hbond substituents is 1. The van der Waals surface area contributed by atoms with Crippen molar-refractivity contribution in [2.24, 2.45) is 5.92 Å². The van der Waals surface area contributed by atoms with Crippen LogP contribution in [0.1, 0.15) is 31.2 Å². The van der Waals surface area contributed by atoms with Crippen LogP contribution in [0.2, 0.25) is 0 Å². The number of ether oxygens (including phenoxy) is 1. The number of nitrogens with one attached hydrogen (secondary N) is 1. The molecule has 3 nitrogen and oxygen atoms in total. The molecule has 0 aliphatic heterocycles. The number of phenols is 1. The summed E-state index contributed by atoms with van der Waals surface area (Å²) in [4.78, 5) is 0. The van der Waals surface area contributed by atoms with Crippen LogP contribution in [0.5, 0.6) is 11.5 Å². The van der Waals surface area contributed by atoms with Crippen LogP contribution in [-0.2, 0) is 6.54 Å². The van der Waals surface area contributed by atoms with Crippen molar-refractivity contribution in [1.29, 1.82) is 0 Å². The number of hydrogen-bond donors (Lipinski definition) is 2. The summed E-state index contributed by atoms with van der Waals surface area (Å²) in [6, 6.07) is 5.59. The average Bonchev–Trinajstić information content (AvgIpc) is 3.15. The van der Waals surface area contributed by atoms with E-state index in [0.29, 0.717) is 12.3 Å². The Hall–Kier alpha value is -1.22. The Morgan fingerprint density at radius 1 is 1.41 bits per heavy atom. The first-order valence-electron chi connectivity index (χ1n) is 6.37. The number of para-hydroxylation sites is 1. The summed E-state index contributed by atoms with van der Waals surface area (Å²) in [6.07, 6.45) is 5.43.